The summed E-state index contributed by atoms with van der Waals surface area (Å²) in [6.07, 6.45) is 1.16. The maximum atomic E-state index is 12.7. The SMILES string of the molecule is COC(=O)c1cc(NC(=O)NC2Cc3ccccc3C2)ccc1OC(c1ccccc1)c1ccccc1. The first-order valence-electron chi connectivity index (χ1n) is 12.2. The predicted octanol–water partition coefficient (Wildman–Crippen LogP) is 5.93. The minimum absolute atomic E-state index is 0.0255. The van der Waals surface area contributed by atoms with Gasteiger partial charge >= 0.3 is 12.0 Å². The smallest absolute Gasteiger partial charge is 0.341 e. The van der Waals surface area contributed by atoms with Crippen molar-refractivity contribution in [3.63, 3.8) is 0 Å². The van der Waals surface area contributed by atoms with Crippen molar-refractivity contribution >= 4 is 17.7 Å². The highest BCUT2D eigenvalue weighted by atomic mass is 16.5. The van der Waals surface area contributed by atoms with Gasteiger partial charge in [-0.3, -0.25) is 0 Å². The molecule has 0 heterocycles. The zero-order valence-electron chi connectivity index (χ0n) is 20.5. The van der Waals surface area contributed by atoms with Crippen molar-refractivity contribution in [1.82, 2.24) is 5.32 Å². The number of ether oxygens (including phenoxy) is 2. The van der Waals surface area contributed by atoms with Gasteiger partial charge in [0.15, 0.2) is 0 Å². The molecule has 0 unspecified atom stereocenters. The van der Waals surface area contributed by atoms with Crippen LogP contribution in [0, 0.1) is 0 Å². The van der Waals surface area contributed by atoms with E-state index in [1.165, 1.54) is 18.2 Å². The number of methoxy groups -OCH3 is 1. The lowest BCUT2D eigenvalue weighted by Crippen LogP contribution is -2.38. The van der Waals surface area contributed by atoms with Crippen LogP contribution in [0.1, 0.15) is 38.7 Å². The first-order chi connectivity index (χ1) is 18.1. The first kappa shape index (κ1) is 24.1. The Morgan fingerprint density at radius 1 is 0.784 bits per heavy atom. The minimum atomic E-state index is -0.551. The van der Waals surface area contributed by atoms with Crippen molar-refractivity contribution in [3.05, 3.63) is 131 Å². The Morgan fingerprint density at radius 3 is 1.92 bits per heavy atom. The number of carbonyl (C=O) groups excluding carboxylic acids is 2. The van der Waals surface area contributed by atoms with Crippen LogP contribution in [0.4, 0.5) is 10.5 Å². The standard InChI is InChI=1S/C31H28N2O4/c1-36-30(34)27-20-25(32-31(35)33-26-18-23-14-8-9-15-24(23)19-26)16-17-28(27)37-29(21-10-4-2-5-11-21)22-12-6-3-7-13-22/h2-17,20,26,29H,18-19H2,1H3,(H2,32,33,35). The number of benzene rings is 4. The number of rotatable bonds is 7. The first-order valence-corrected chi connectivity index (χ1v) is 12.2. The van der Waals surface area contributed by atoms with Gasteiger partial charge in [-0.15, -0.1) is 0 Å². The largest absolute Gasteiger partial charge is 0.480 e. The Labute approximate surface area is 216 Å². The summed E-state index contributed by atoms with van der Waals surface area (Å²) in [4.78, 5) is 25.4. The molecule has 2 amide bonds. The van der Waals surface area contributed by atoms with Crippen LogP contribution in [0.5, 0.6) is 5.75 Å². The molecule has 6 heteroatoms. The molecular weight excluding hydrogens is 464 g/mol. The molecule has 6 nitrogen and oxygen atoms in total. The maximum Gasteiger partial charge on any atom is 0.341 e. The van der Waals surface area contributed by atoms with Crippen molar-refractivity contribution in [2.75, 3.05) is 12.4 Å². The number of urea groups is 1. The van der Waals surface area contributed by atoms with Gasteiger partial charge in [-0.1, -0.05) is 84.9 Å². The van der Waals surface area contributed by atoms with Gasteiger partial charge < -0.3 is 20.1 Å². The van der Waals surface area contributed by atoms with Crippen LogP contribution >= 0.6 is 0 Å². The van der Waals surface area contributed by atoms with Crippen LogP contribution in [-0.4, -0.2) is 25.2 Å². The Bertz CT molecular complexity index is 1320. The highest BCUT2D eigenvalue weighted by Crippen LogP contribution is 2.32. The number of anilines is 1. The molecule has 37 heavy (non-hydrogen) atoms. The van der Waals surface area contributed by atoms with Crippen molar-refractivity contribution < 1.29 is 19.1 Å². The second-order valence-electron chi connectivity index (χ2n) is 8.99. The summed E-state index contributed by atoms with van der Waals surface area (Å²) in [5.41, 5.74) is 5.11. The fourth-order valence-corrected chi connectivity index (χ4v) is 4.70. The average molecular weight is 493 g/mol. The van der Waals surface area contributed by atoms with E-state index < -0.39 is 12.1 Å². The van der Waals surface area contributed by atoms with E-state index in [0.29, 0.717) is 11.4 Å². The molecule has 2 N–H and O–H groups in total. The fraction of sp³-hybridized carbons (Fsp3) is 0.161. The molecule has 0 atom stereocenters. The highest BCUT2D eigenvalue weighted by molar-refractivity contribution is 5.96. The van der Waals surface area contributed by atoms with Crippen LogP contribution in [0.3, 0.4) is 0 Å². The van der Waals surface area contributed by atoms with Crippen molar-refractivity contribution in [2.24, 2.45) is 0 Å². The summed E-state index contributed by atoms with van der Waals surface area (Å²) < 4.78 is 11.4. The molecule has 0 fully saturated rings. The Morgan fingerprint density at radius 2 is 1.35 bits per heavy atom. The third-order valence-corrected chi connectivity index (χ3v) is 6.48. The van der Waals surface area contributed by atoms with Gasteiger partial charge in [0.25, 0.3) is 0 Å². The number of fused-ring (bicyclic) bond motifs is 1. The van der Waals surface area contributed by atoms with Gasteiger partial charge in [-0.05, 0) is 53.3 Å². The third kappa shape index (κ3) is 5.64. The molecular formula is C31H28N2O4. The molecule has 0 aromatic heterocycles. The van der Waals surface area contributed by atoms with Gasteiger partial charge in [0.1, 0.15) is 17.4 Å². The summed E-state index contributed by atoms with van der Waals surface area (Å²) >= 11 is 0. The van der Waals surface area contributed by atoms with E-state index in [0.717, 1.165) is 24.0 Å². The number of hydrogen-bond acceptors (Lipinski definition) is 4. The summed E-state index contributed by atoms with van der Waals surface area (Å²) in [6, 6.07) is 32.5. The molecule has 0 saturated carbocycles. The molecule has 5 rings (SSSR count). The summed E-state index contributed by atoms with van der Waals surface area (Å²) in [5, 5.41) is 5.87. The van der Waals surface area contributed by atoms with Crippen LogP contribution in [0.15, 0.2) is 103 Å². The zero-order valence-corrected chi connectivity index (χ0v) is 20.5. The van der Waals surface area contributed by atoms with Gasteiger partial charge in [0.05, 0.1) is 7.11 Å². The van der Waals surface area contributed by atoms with E-state index in [2.05, 4.69) is 22.8 Å². The van der Waals surface area contributed by atoms with Crippen LogP contribution < -0.4 is 15.4 Å². The second kappa shape index (κ2) is 11.0. The lowest BCUT2D eigenvalue weighted by Gasteiger charge is -2.22. The van der Waals surface area contributed by atoms with Crippen LogP contribution in [0.2, 0.25) is 0 Å². The van der Waals surface area contributed by atoms with Crippen LogP contribution in [0.25, 0.3) is 0 Å². The second-order valence-corrected chi connectivity index (χ2v) is 8.99. The third-order valence-electron chi connectivity index (χ3n) is 6.48. The number of nitrogens with one attached hydrogen (secondary N) is 2. The van der Waals surface area contributed by atoms with Gasteiger partial charge in [0, 0.05) is 11.7 Å². The van der Waals surface area contributed by atoms with Gasteiger partial charge in [-0.25, -0.2) is 9.59 Å². The fourth-order valence-electron chi connectivity index (χ4n) is 4.70. The molecule has 4 aromatic rings. The van der Waals surface area contributed by atoms with E-state index in [9.17, 15) is 9.59 Å². The van der Waals surface area contributed by atoms with E-state index in [1.807, 2.05) is 72.8 Å². The summed E-state index contributed by atoms with van der Waals surface area (Å²) in [7, 11) is 1.32. The molecule has 0 bridgehead atoms. The van der Waals surface area contributed by atoms with E-state index >= 15 is 0 Å². The van der Waals surface area contributed by atoms with Crippen LogP contribution in [-0.2, 0) is 17.6 Å². The van der Waals surface area contributed by atoms with E-state index in [4.69, 9.17) is 9.47 Å². The lowest BCUT2D eigenvalue weighted by molar-refractivity contribution is 0.0594. The van der Waals surface area contributed by atoms with E-state index in [-0.39, 0.29) is 17.6 Å². The van der Waals surface area contributed by atoms with Crippen molar-refractivity contribution in [3.8, 4) is 5.75 Å². The highest BCUT2D eigenvalue weighted by Gasteiger charge is 2.24. The molecule has 1 aliphatic carbocycles. The summed E-state index contributed by atoms with van der Waals surface area (Å²) in [6.45, 7) is 0. The molecule has 0 radical (unpaired) electrons. The van der Waals surface area contributed by atoms with E-state index in [1.54, 1.807) is 18.2 Å². The Hall–Kier alpha value is -4.58. The molecule has 0 saturated heterocycles. The lowest BCUT2D eigenvalue weighted by atomic mass is 10.0. The Balaban J connectivity index is 1.35. The molecule has 4 aromatic carbocycles. The molecule has 0 spiro atoms. The number of amides is 2. The summed E-state index contributed by atoms with van der Waals surface area (Å²) in [5.74, 6) is -0.188. The normalized spacial score (nSPS) is 12.6. The topological polar surface area (TPSA) is 76.7 Å². The monoisotopic (exact) mass is 492 g/mol. The minimum Gasteiger partial charge on any atom is -0.480 e. The predicted molar refractivity (Wildman–Crippen MR) is 143 cm³/mol. The quantitative estimate of drug-likeness (QED) is 0.314. The van der Waals surface area contributed by atoms with Crippen molar-refractivity contribution in [1.29, 1.82) is 0 Å². The average Bonchev–Trinajstić information content (AvgIpc) is 3.35. The maximum absolute atomic E-state index is 12.7. The number of carbonyl (C=O) groups is 2. The van der Waals surface area contributed by atoms with Gasteiger partial charge in [-0.2, -0.15) is 0 Å². The van der Waals surface area contributed by atoms with Crippen molar-refractivity contribution in [2.45, 2.75) is 25.0 Å². The van der Waals surface area contributed by atoms with Gasteiger partial charge in [0.2, 0.25) is 0 Å². The Kier molecular flexibility index (Phi) is 7.17. The number of esters is 1. The molecule has 1 aliphatic rings. The number of hydrogen-bond donors (Lipinski definition) is 2. The molecule has 186 valence electrons. The zero-order chi connectivity index (χ0) is 25.6. The molecule has 0 aliphatic heterocycles.